The average molecular weight is 393 g/mol. The van der Waals surface area contributed by atoms with Crippen LogP contribution in [0.25, 0.3) is 0 Å². The minimum Gasteiger partial charge on any atom is -0.324 e. The molecule has 5 amide bonds. The number of anilines is 1. The van der Waals surface area contributed by atoms with E-state index in [0.29, 0.717) is 10.6 Å². The monoisotopic (exact) mass is 393 g/mol. The maximum atomic E-state index is 12.6. The van der Waals surface area contributed by atoms with Gasteiger partial charge in [0.15, 0.2) is 0 Å². The van der Waals surface area contributed by atoms with Crippen molar-refractivity contribution in [3.05, 3.63) is 65.2 Å². The number of hydrogen-bond donors (Lipinski definition) is 1. The van der Waals surface area contributed by atoms with Gasteiger partial charge in [-0.2, -0.15) is 0 Å². The molecular weight excluding hydrogens is 370 g/mol. The first-order valence-corrected chi connectivity index (χ1v) is 9.58. The van der Waals surface area contributed by atoms with E-state index in [9.17, 15) is 19.2 Å². The van der Waals surface area contributed by atoms with Gasteiger partial charge in [-0.05, 0) is 29.5 Å². The zero-order valence-corrected chi connectivity index (χ0v) is 16.5. The summed E-state index contributed by atoms with van der Waals surface area (Å²) in [5, 5.41) is 2.81. The third kappa shape index (κ3) is 4.18. The van der Waals surface area contributed by atoms with Crippen molar-refractivity contribution in [3.8, 4) is 0 Å². The lowest BCUT2D eigenvalue weighted by atomic mass is 10.0. The third-order valence-electron chi connectivity index (χ3n) is 4.88. The quantitative estimate of drug-likeness (QED) is 0.579. The molecule has 1 saturated heterocycles. The standard InChI is InChI=1S/C22H23N3O4/c1-3-16-11-8-12-17(4-2)19(16)23-18(26)14-25-21(28)20(27)24(22(25)29)13-15-9-6-5-7-10-15/h5-12H,3-4,13-14H2,1-2H3,(H,23,26). The maximum Gasteiger partial charge on any atom is 0.335 e. The number of amides is 5. The van der Waals surface area contributed by atoms with Crippen LogP contribution in [0.5, 0.6) is 0 Å². The Kier molecular flexibility index (Phi) is 6.07. The van der Waals surface area contributed by atoms with Gasteiger partial charge >= 0.3 is 17.8 Å². The Labute approximate surface area is 169 Å². The van der Waals surface area contributed by atoms with Gasteiger partial charge in [-0.15, -0.1) is 0 Å². The van der Waals surface area contributed by atoms with Crippen molar-refractivity contribution in [3.63, 3.8) is 0 Å². The molecule has 2 aromatic rings. The van der Waals surface area contributed by atoms with Gasteiger partial charge in [-0.25, -0.2) is 9.69 Å². The van der Waals surface area contributed by atoms with Crippen LogP contribution in [-0.4, -0.2) is 40.1 Å². The molecule has 150 valence electrons. The van der Waals surface area contributed by atoms with Crippen molar-refractivity contribution in [2.75, 3.05) is 11.9 Å². The molecule has 0 unspecified atom stereocenters. The molecule has 0 radical (unpaired) electrons. The lowest BCUT2D eigenvalue weighted by Crippen LogP contribution is -2.39. The summed E-state index contributed by atoms with van der Waals surface area (Å²) in [5.74, 6) is -2.42. The van der Waals surface area contributed by atoms with Gasteiger partial charge in [-0.1, -0.05) is 62.4 Å². The number of nitrogens with zero attached hydrogens (tertiary/aromatic N) is 2. The first kappa shape index (κ1) is 20.3. The van der Waals surface area contributed by atoms with Crippen molar-refractivity contribution >= 4 is 29.4 Å². The Morgan fingerprint density at radius 1 is 0.828 bits per heavy atom. The fourth-order valence-electron chi connectivity index (χ4n) is 3.32. The molecule has 1 aliphatic rings. The second kappa shape index (κ2) is 8.68. The molecule has 0 atom stereocenters. The van der Waals surface area contributed by atoms with E-state index < -0.39 is 30.3 Å². The highest BCUT2D eigenvalue weighted by Crippen LogP contribution is 2.23. The van der Waals surface area contributed by atoms with E-state index in [-0.39, 0.29) is 6.54 Å². The summed E-state index contributed by atoms with van der Waals surface area (Å²) in [6.07, 6.45) is 1.46. The Hall–Kier alpha value is -3.48. The van der Waals surface area contributed by atoms with Crippen LogP contribution in [0.4, 0.5) is 10.5 Å². The van der Waals surface area contributed by atoms with Crippen LogP contribution in [0, 0.1) is 0 Å². The molecule has 7 nitrogen and oxygen atoms in total. The Bertz CT molecular complexity index is 934. The van der Waals surface area contributed by atoms with Gasteiger partial charge in [0.2, 0.25) is 5.91 Å². The predicted octanol–water partition coefficient (Wildman–Crippen LogP) is 2.74. The molecule has 7 heteroatoms. The number of rotatable bonds is 7. The van der Waals surface area contributed by atoms with E-state index in [2.05, 4.69) is 5.32 Å². The van der Waals surface area contributed by atoms with Crippen LogP contribution in [-0.2, 0) is 33.8 Å². The molecule has 0 bridgehead atoms. The molecule has 1 fully saturated rings. The number of para-hydroxylation sites is 1. The summed E-state index contributed by atoms with van der Waals surface area (Å²) in [5.41, 5.74) is 3.36. The highest BCUT2D eigenvalue weighted by atomic mass is 16.2. The number of urea groups is 1. The number of hydrogen-bond acceptors (Lipinski definition) is 4. The summed E-state index contributed by atoms with van der Waals surface area (Å²) < 4.78 is 0. The predicted molar refractivity (Wildman–Crippen MR) is 108 cm³/mol. The molecule has 0 aliphatic carbocycles. The highest BCUT2D eigenvalue weighted by molar-refractivity contribution is 6.45. The minimum atomic E-state index is -0.986. The van der Waals surface area contributed by atoms with Crippen LogP contribution in [0.3, 0.4) is 0 Å². The van der Waals surface area contributed by atoms with E-state index in [0.717, 1.165) is 34.4 Å². The van der Waals surface area contributed by atoms with Crippen LogP contribution in [0.2, 0.25) is 0 Å². The van der Waals surface area contributed by atoms with Gasteiger partial charge in [0.05, 0.1) is 6.54 Å². The second-order valence-corrected chi connectivity index (χ2v) is 6.76. The fraction of sp³-hybridized carbons (Fsp3) is 0.273. The summed E-state index contributed by atoms with van der Waals surface area (Å²) in [6.45, 7) is 3.45. The lowest BCUT2D eigenvalue weighted by Gasteiger charge is -2.17. The summed E-state index contributed by atoms with van der Waals surface area (Å²) >= 11 is 0. The molecule has 1 N–H and O–H groups in total. The third-order valence-corrected chi connectivity index (χ3v) is 4.88. The van der Waals surface area contributed by atoms with Crippen LogP contribution in [0.15, 0.2) is 48.5 Å². The number of aryl methyl sites for hydroxylation is 2. The van der Waals surface area contributed by atoms with Crippen LogP contribution >= 0.6 is 0 Å². The van der Waals surface area contributed by atoms with E-state index in [4.69, 9.17) is 0 Å². The number of carbonyl (C=O) groups excluding carboxylic acids is 4. The highest BCUT2D eigenvalue weighted by Gasteiger charge is 2.45. The lowest BCUT2D eigenvalue weighted by molar-refractivity contribution is -0.143. The van der Waals surface area contributed by atoms with Gasteiger partial charge in [0.25, 0.3) is 0 Å². The zero-order valence-electron chi connectivity index (χ0n) is 16.5. The van der Waals surface area contributed by atoms with E-state index in [1.54, 1.807) is 24.3 Å². The molecule has 29 heavy (non-hydrogen) atoms. The molecule has 0 aromatic heterocycles. The molecule has 0 saturated carbocycles. The minimum absolute atomic E-state index is 0.0129. The molecule has 3 rings (SSSR count). The van der Waals surface area contributed by atoms with Crippen molar-refractivity contribution < 1.29 is 19.2 Å². The van der Waals surface area contributed by atoms with Gasteiger partial charge in [0.1, 0.15) is 6.54 Å². The molecule has 2 aromatic carbocycles. The number of nitrogens with one attached hydrogen (secondary N) is 1. The smallest absolute Gasteiger partial charge is 0.324 e. The summed E-state index contributed by atoms with van der Waals surface area (Å²) in [7, 11) is 0. The first-order valence-electron chi connectivity index (χ1n) is 9.58. The largest absolute Gasteiger partial charge is 0.335 e. The number of imide groups is 2. The topological polar surface area (TPSA) is 86.8 Å². The Balaban J connectivity index is 1.73. The van der Waals surface area contributed by atoms with Gasteiger partial charge in [0, 0.05) is 5.69 Å². The number of carbonyl (C=O) groups is 4. The summed E-state index contributed by atoms with van der Waals surface area (Å²) in [6, 6.07) is 13.9. The second-order valence-electron chi connectivity index (χ2n) is 6.76. The van der Waals surface area contributed by atoms with Crippen LogP contribution in [0.1, 0.15) is 30.5 Å². The first-order chi connectivity index (χ1) is 14.0. The van der Waals surface area contributed by atoms with E-state index in [1.165, 1.54) is 0 Å². The fourth-order valence-corrected chi connectivity index (χ4v) is 3.32. The summed E-state index contributed by atoms with van der Waals surface area (Å²) in [4.78, 5) is 51.3. The Morgan fingerprint density at radius 3 is 2.00 bits per heavy atom. The SMILES string of the molecule is CCc1cccc(CC)c1NC(=O)CN1C(=O)C(=O)N(Cc2ccccc2)C1=O. The molecule has 1 heterocycles. The van der Waals surface area contributed by atoms with E-state index >= 15 is 0 Å². The van der Waals surface area contributed by atoms with Crippen molar-refractivity contribution in [2.24, 2.45) is 0 Å². The molecule has 0 spiro atoms. The van der Waals surface area contributed by atoms with E-state index in [1.807, 2.05) is 38.1 Å². The molecular formula is C22H23N3O4. The molecule has 1 aliphatic heterocycles. The van der Waals surface area contributed by atoms with Gasteiger partial charge in [-0.3, -0.25) is 19.3 Å². The van der Waals surface area contributed by atoms with Crippen LogP contribution < -0.4 is 5.32 Å². The number of benzene rings is 2. The maximum absolute atomic E-state index is 12.6. The Morgan fingerprint density at radius 2 is 1.41 bits per heavy atom. The normalized spacial score (nSPS) is 13.9. The van der Waals surface area contributed by atoms with Crippen molar-refractivity contribution in [1.82, 2.24) is 9.80 Å². The van der Waals surface area contributed by atoms with Gasteiger partial charge < -0.3 is 5.32 Å². The average Bonchev–Trinajstić information content (AvgIpc) is 2.93. The zero-order chi connectivity index (χ0) is 21.0. The van der Waals surface area contributed by atoms with Crippen molar-refractivity contribution in [1.29, 1.82) is 0 Å². The van der Waals surface area contributed by atoms with Crippen molar-refractivity contribution in [2.45, 2.75) is 33.2 Å².